The number of rotatable bonds is 10. The van der Waals surface area contributed by atoms with E-state index in [9.17, 15) is 18.0 Å². The molecule has 1 unspecified atom stereocenters. The van der Waals surface area contributed by atoms with E-state index in [0.717, 1.165) is 21.7 Å². The van der Waals surface area contributed by atoms with Gasteiger partial charge in [0.1, 0.15) is 12.6 Å². The lowest BCUT2D eigenvalue weighted by Crippen LogP contribution is -2.56. The Labute approximate surface area is 240 Å². The zero-order valence-corrected chi connectivity index (χ0v) is 24.7. The van der Waals surface area contributed by atoms with E-state index in [1.54, 1.807) is 0 Å². The third-order valence-electron chi connectivity index (χ3n) is 5.82. The summed E-state index contributed by atoms with van der Waals surface area (Å²) in [4.78, 5) is 29.1. The molecule has 0 radical (unpaired) electrons. The number of nitrogens with zero attached hydrogens (tertiary/aromatic N) is 2. The van der Waals surface area contributed by atoms with Crippen molar-refractivity contribution in [1.29, 1.82) is 0 Å². The maximum absolute atomic E-state index is 14.0. The largest absolute Gasteiger partial charge is 0.350 e. The molecule has 0 aliphatic heterocycles. The minimum absolute atomic E-state index is 0.0819. The van der Waals surface area contributed by atoms with Gasteiger partial charge in [0.2, 0.25) is 21.8 Å². The van der Waals surface area contributed by atoms with E-state index < -0.39 is 34.1 Å². The van der Waals surface area contributed by atoms with Crippen molar-refractivity contribution in [2.24, 2.45) is 0 Å². The zero-order valence-electron chi connectivity index (χ0n) is 22.4. The molecule has 0 bridgehead atoms. The van der Waals surface area contributed by atoms with Gasteiger partial charge in [-0.05, 0) is 50.1 Å². The molecule has 0 saturated carbocycles. The van der Waals surface area contributed by atoms with Gasteiger partial charge in [0.25, 0.3) is 0 Å². The first-order valence-electron chi connectivity index (χ1n) is 12.4. The van der Waals surface area contributed by atoms with Crippen LogP contribution < -0.4 is 9.62 Å². The van der Waals surface area contributed by atoms with Crippen molar-refractivity contribution in [2.45, 2.75) is 45.3 Å². The first-order valence-corrected chi connectivity index (χ1v) is 15.0. The summed E-state index contributed by atoms with van der Waals surface area (Å²) in [6.45, 7) is 5.11. The van der Waals surface area contributed by atoms with Gasteiger partial charge >= 0.3 is 0 Å². The van der Waals surface area contributed by atoms with E-state index >= 15 is 0 Å². The molecular formula is C29H33Cl2N3O4S. The fourth-order valence-electron chi connectivity index (χ4n) is 4.06. The number of carbonyl (C=O) groups excluding carboxylic acids is 2. The molecule has 0 fully saturated rings. The molecule has 3 rings (SSSR count). The molecule has 0 aliphatic rings. The van der Waals surface area contributed by atoms with E-state index in [4.69, 9.17) is 23.2 Å². The first kappa shape index (κ1) is 30.5. The molecule has 0 spiro atoms. The van der Waals surface area contributed by atoms with Gasteiger partial charge in [0.05, 0.1) is 17.0 Å². The smallest absolute Gasteiger partial charge is 0.244 e. The van der Waals surface area contributed by atoms with Gasteiger partial charge in [-0.3, -0.25) is 13.9 Å². The van der Waals surface area contributed by atoms with Gasteiger partial charge in [-0.15, -0.1) is 0 Å². The zero-order chi connectivity index (χ0) is 28.8. The Morgan fingerprint density at radius 1 is 0.897 bits per heavy atom. The standard InChI is InChI=1S/C29H33Cl2N3O4S/c1-29(2,3)32-28(36)26(17-21-11-7-5-8-12-21)33(19-22-13-9-6-10-14-22)27(35)20-34(39(4,37)38)25-18-23(30)15-16-24(25)31/h5-16,18,26H,17,19-20H2,1-4H3,(H,32,36). The van der Waals surface area contributed by atoms with Crippen LogP contribution in [0.3, 0.4) is 0 Å². The van der Waals surface area contributed by atoms with E-state index in [1.807, 2.05) is 81.4 Å². The summed E-state index contributed by atoms with van der Waals surface area (Å²) in [5.74, 6) is -0.910. The van der Waals surface area contributed by atoms with Crippen molar-refractivity contribution in [2.75, 3.05) is 17.1 Å². The Kier molecular flexibility index (Phi) is 10.0. The van der Waals surface area contributed by atoms with Crippen molar-refractivity contribution in [3.63, 3.8) is 0 Å². The number of nitrogens with one attached hydrogen (secondary N) is 1. The summed E-state index contributed by atoms with van der Waals surface area (Å²) in [6, 6.07) is 22.1. The van der Waals surface area contributed by atoms with Gasteiger partial charge in [-0.2, -0.15) is 0 Å². The second-order valence-corrected chi connectivity index (χ2v) is 13.1. The first-order chi connectivity index (χ1) is 18.2. The van der Waals surface area contributed by atoms with Crippen LogP contribution in [0.1, 0.15) is 31.9 Å². The van der Waals surface area contributed by atoms with E-state index in [0.29, 0.717) is 0 Å². The van der Waals surface area contributed by atoms with Gasteiger partial charge in [-0.1, -0.05) is 83.9 Å². The van der Waals surface area contributed by atoms with Crippen LogP contribution >= 0.6 is 23.2 Å². The van der Waals surface area contributed by atoms with Crippen molar-refractivity contribution in [3.8, 4) is 0 Å². The summed E-state index contributed by atoms with van der Waals surface area (Å²) in [5, 5.41) is 3.38. The normalized spacial score (nSPS) is 12.5. The summed E-state index contributed by atoms with van der Waals surface area (Å²) in [5.41, 5.74) is 1.17. The summed E-state index contributed by atoms with van der Waals surface area (Å²) in [7, 11) is -3.95. The highest BCUT2D eigenvalue weighted by Crippen LogP contribution is 2.31. The average Bonchev–Trinajstić information content (AvgIpc) is 2.85. The molecule has 39 heavy (non-hydrogen) atoms. The van der Waals surface area contributed by atoms with Crippen molar-refractivity contribution in [3.05, 3.63) is 100 Å². The molecule has 0 heterocycles. The Hall–Kier alpha value is -3.07. The van der Waals surface area contributed by atoms with Crippen LogP contribution in [0.2, 0.25) is 10.0 Å². The minimum Gasteiger partial charge on any atom is -0.350 e. The number of halogens is 2. The summed E-state index contributed by atoms with van der Waals surface area (Å²) >= 11 is 12.5. The second-order valence-electron chi connectivity index (χ2n) is 10.3. The lowest BCUT2D eigenvalue weighted by Gasteiger charge is -2.35. The molecule has 3 aromatic rings. The molecule has 10 heteroatoms. The van der Waals surface area contributed by atoms with E-state index in [1.165, 1.54) is 23.1 Å². The van der Waals surface area contributed by atoms with Crippen molar-refractivity contribution >= 4 is 50.7 Å². The van der Waals surface area contributed by atoms with Crippen LogP contribution in [-0.2, 0) is 32.6 Å². The number of carbonyl (C=O) groups is 2. The number of amides is 2. The lowest BCUT2D eigenvalue weighted by molar-refractivity contribution is -0.140. The van der Waals surface area contributed by atoms with Crippen LogP contribution in [-0.4, -0.2) is 49.5 Å². The molecular weight excluding hydrogens is 557 g/mol. The topological polar surface area (TPSA) is 86.8 Å². The van der Waals surface area contributed by atoms with Gasteiger partial charge in [0, 0.05) is 23.5 Å². The number of hydrogen-bond acceptors (Lipinski definition) is 4. The Morgan fingerprint density at radius 3 is 2.00 bits per heavy atom. The Balaban J connectivity index is 2.08. The van der Waals surface area contributed by atoms with Gasteiger partial charge < -0.3 is 10.2 Å². The quantitative estimate of drug-likeness (QED) is 0.347. The number of anilines is 1. The highest BCUT2D eigenvalue weighted by Gasteiger charge is 2.34. The van der Waals surface area contributed by atoms with E-state index in [2.05, 4.69) is 5.32 Å². The molecule has 1 atom stereocenters. The van der Waals surface area contributed by atoms with Crippen LogP contribution in [0.25, 0.3) is 0 Å². The SMILES string of the molecule is CC(C)(C)NC(=O)C(Cc1ccccc1)N(Cc1ccccc1)C(=O)CN(c1cc(Cl)ccc1Cl)S(C)(=O)=O. The highest BCUT2D eigenvalue weighted by molar-refractivity contribution is 7.92. The molecule has 7 nitrogen and oxygen atoms in total. The number of hydrogen-bond donors (Lipinski definition) is 1. The van der Waals surface area contributed by atoms with Crippen LogP contribution in [0.5, 0.6) is 0 Å². The molecule has 2 amide bonds. The Morgan fingerprint density at radius 2 is 1.46 bits per heavy atom. The Bertz CT molecular complexity index is 1400. The summed E-state index contributed by atoms with van der Waals surface area (Å²) < 4.78 is 26.7. The molecule has 0 saturated heterocycles. The number of benzene rings is 3. The molecule has 0 aromatic heterocycles. The van der Waals surface area contributed by atoms with E-state index in [-0.39, 0.29) is 34.6 Å². The second kappa shape index (κ2) is 12.9. The summed E-state index contributed by atoms with van der Waals surface area (Å²) in [6.07, 6.45) is 1.23. The van der Waals surface area contributed by atoms with Crippen LogP contribution in [0, 0.1) is 0 Å². The van der Waals surface area contributed by atoms with Crippen LogP contribution in [0.15, 0.2) is 78.9 Å². The van der Waals surface area contributed by atoms with Crippen molar-refractivity contribution < 1.29 is 18.0 Å². The fraction of sp³-hybridized carbons (Fsp3) is 0.310. The van der Waals surface area contributed by atoms with Gasteiger partial charge in [0.15, 0.2) is 0 Å². The molecule has 208 valence electrons. The number of sulfonamides is 1. The van der Waals surface area contributed by atoms with Gasteiger partial charge in [-0.25, -0.2) is 8.42 Å². The third-order valence-corrected chi connectivity index (χ3v) is 7.50. The fourth-order valence-corrected chi connectivity index (χ4v) is 5.35. The maximum Gasteiger partial charge on any atom is 0.244 e. The molecule has 3 aromatic carbocycles. The third kappa shape index (κ3) is 8.98. The van der Waals surface area contributed by atoms with Crippen LogP contribution in [0.4, 0.5) is 5.69 Å². The predicted molar refractivity (Wildman–Crippen MR) is 157 cm³/mol. The minimum atomic E-state index is -3.95. The van der Waals surface area contributed by atoms with Crippen molar-refractivity contribution in [1.82, 2.24) is 10.2 Å². The maximum atomic E-state index is 14.0. The predicted octanol–water partition coefficient (Wildman–Crippen LogP) is 5.31. The molecule has 1 N–H and O–H groups in total. The lowest BCUT2D eigenvalue weighted by atomic mass is 10.0. The highest BCUT2D eigenvalue weighted by atomic mass is 35.5. The molecule has 0 aliphatic carbocycles. The monoisotopic (exact) mass is 589 g/mol. The average molecular weight is 591 g/mol.